The Morgan fingerprint density at radius 1 is 1.13 bits per heavy atom. The molecule has 0 aliphatic carbocycles. The van der Waals surface area contributed by atoms with E-state index in [2.05, 4.69) is 10.3 Å². The smallest absolute Gasteiger partial charge is 0.261 e. The number of hydrogen-bond acceptors (Lipinski definition) is 6. The number of thiazole rings is 1. The molecule has 5 rings (SSSR count). The fourth-order valence-electron chi connectivity index (χ4n) is 3.94. The molecular weight excluding hydrogens is 412 g/mol. The van der Waals surface area contributed by atoms with Crippen molar-refractivity contribution in [2.75, 3.05) is 11.9 Å². The standard InChI is InChI=1S/C23H22N4O3S/c1-2-30-15-8-10-17-19(13-15)31-23(25-17)26-21(28)14-7-9-16-18(12-14)24-20-6-4-3-5-11-27(20)22(16)29/h7-10,12-13H,2-6,11H2,1H3,(H,25,26,28). The number of amides is 1. The van der Waals surface area contributed by atoms with Gasteiger partial charge in [0.1, 0.15) is 11.6 Å². The molecule has 2 aromatic heterocycles. The Morgan fingerprint density at radius 3 is 2.90 bits per heavy atom. The Balaban J connectivity index is 1.44. The SMILES string of the molecule is CCOc1ccc2nc(NC(=O)c3ccc4c(=O)n5c(nc4c3)CCCCC5)sc2c1. The molecular formula is C23H22N4O3S. The highest BCUT2D eigenvalue weighted by Gasteiger charge is 2.16. The maximum atomic E-state index is 12.9. The first kappa shape index (κ1) is 19.7. The summed E-state index contributed by atoms with van der Waals surface area (Å²) in [6.07, 6.45) is 3.91. The summed E-state index contributed by atoms with van der Waals surface area (Å²) < 4.78 is 8.26. The van der Waals surface area contributed by atoms with Crippen LogP contribution in [0.2, 0.25) is 0 Å². The van der Waals surface area contributed by atoms with E-state index < -0.39 is 0 Å². The molecule has 0 unspecified atom stereocenters. The number of carbonyl (C=O) groups is 1. The van der Waals surface area contributed by atoms with E-state index in [1.807, 2.05) is 25.1 Å². The number of benzene rings is 2. The van der Waals surface area contributed by atoms with Gasteiger partial charge in [-0.2, -0.15) is 0 Å². The van der Waals surface area contributed by atoms with E-state index in [1.165, 1.54) is 11.3 Å². The molecule has 7 nitrogen and oxygen atoms in total. The monoisotopic (exact) mass is 434 g/mol. The van der Waals surface area contributed by atoms with Gasteiger partial charge in [-0.05, 0) is 56.2 Å². The predicted molar refractivity (Wildman–Crippen MR) is 122 cm³/mol. The van der Waals surface area contributed by atoms with Crippen molar-refractivity contribution in [1.82, 2.24) is 14.5 Å². The fourth-order valence-corrected chi connectivity index (χ4v) is 4.83. The Hall–Kier alpha value is -3.26. The lowest BCUT2D eigenvalue weighted by Crippen LogP contribution is -2.24. The first-order valence-corrected chi connectivity index (χ1v) is 11.3. The van der Waals surface area contributed by atoms with Crippen molar-refractivity contribution in [3.8, 4) is 5.75 Å². The molecule has 1 N–H and O–H groups in total. The van der Waals surface area contributed by atoms with E-state index in [-0.39, 0.29) is 11.5 Å². The van der Waals surface area contributed by atoms with E-state index in [1.54, 1.807) is 22.8 Å². The zero-order chi connectivity index (χ0) is 21.4. The topological polar surface area (TPSA) is 86.1 Å². The van der Waals surface area contributed by atoms with Crippen LogP contribution in [0.25, 0.3) is 21.1 Å². The van der Waals surface area contributed by atoms with Crippen molar-refractivity contribution in [1.29, 1.82) is 0 Å². The van der Waals surface area contributed by atoms with Gasteiger partial charge >= 0.3 is 0 Å². The molecule has 3 heterocycles. The number of nitrogens with one attached hydrogen (secondary N) is 1. The van der Waals surface area contributed by atoms with Gasteiger partial charge < -0.3 is 4.74 Å². The Morgan fingerprint density at radius 2 is 2.03 bits per heavy atom. The van der Waals surface area contributed by atoms with Crippen LogP contribution in [0.5, 0.6) is 5.75 Å². The summed E-state index contributed by atoms with van der Waals surface area (Å²) >= 11 is 1.40. The minimum atomic E-state index is -0.275. The average molecular weight is 435 g/mol. The second-order valence-electron chi connectivity index (χ2n) is 7.56. The van der Waals surface area contributed by atoms with Crippen LogP contribution in [0.1, 0.15) is 42.4 Å². The van der Waals surface area contributed by atoms with Gasteiger partial charge in [0.15, 0.2) is 5.13 Å². The van der Waals surface area contributed by atoms with E-state index in [0.29, 0.717) is 34.7 Å². The molecule has 1 aliphatic rings. The number of aryl methyl sites for hydroxylation is 1. The van der Waals surface area contributed by atoms with Crippen molar-refractivity contribution in [2.24, 2.45) is 0 Å². The van der Waals surface area contributed by atoms with Crippen molar-refractivity contribution in [2.45, 2.75) is 39.2 Å². The molecule has 0 saturated heterocycles. The van der Waals surface area contributed by atoms with Gasteiger partial charge in [0.2, 0.25) is 0 Å². The van der Waals surface area contributed by atoms with Crippen LogP contribution >= 0.6 is 11.3 Å². The molecule has 0 bridgehead atoms. The molecule has 2 aromatic carbocycles. The van der Waals surface area contributed by atoms with Crippen molar-refractivity contribution in [3.05, 3.63) is 58.1 Å². The summed E-state index contributed by atoms with van der Waals surface area (Å²) in [5.41, 5.74) is 1.80. The van der Waals surface area contributed by atoms with Crippen LogP contribution in [0.3, 0.4) is 0 Å². The van der Waals surface area contributed by atoms with Crippen LogP contribution in [0.4, 0.5) is 5.13 Å². The zero-order valence-electron chi connectivity index (χ0n) is 17.2. The first-order chi connectivity index (χ1) is 15.1. The van der Waals surface area contributed by atoms with Crippen LogP contribution in [0, 0.1) is 0 Å². The first-order valence-electron chi connectivity index (χ1n) is 10.5. The lowest BCUT2D eigenvalue weighted by Gasteiger charge is -2.10. The molecule has 4 aromatic rings. The highest BCUT2D eigenvalue weighted by molar-refractivity contribution is 7.22. The Labute approximate surface area is 182 Å². The van der Waals surface area contributed by atoms with Gasteiger partial charge in [0.05, 0.1) is 27.7 Å². The fraction of sp³-hybridized carbons (Fsp3) is 0.304. The lowest BCUT2D eigenvalue weighted by molar-refractivity contribution is 0.102. The highest BCUT2D eigenvalue weighted by Crippen LogP contribution is 2.29. The molecule has 0 spiro atoms. The summed E-state index contributed by atoms with van der Waals surface area (Å²) in [4.78, 5) is 34.9. The largest absolute Gasteiger partial charge is 0.494 e. The second-order valence-corrected chi connectivity index (χ2v) is 8.59. The maximum absolute atomic E-state index is 12.9. The minimum absolute atomic E-state index is 0.0230. The number of rotatable bonds is 4. The predicted octanol–water partition coefficient (Wildman–Crippen LogP) is 4.38. The van der Waals surface area contributed by atoms with Crippen molar-refractivity contribution in [3.63, 3.8) is 0 Å². The third-order valence-corrected chi connectivity index (χ3v) is 6.40. The average Bonchev–Trinajstić information content (AvgIpc) is 3.00. The van der Waals surface area contributed by atoms with Crippen LogP contribution in [0.15, 0.2) is 41.2 Å². The summed E-state index contributed by atoms with van der Waals surface area (Å²) in [7, 11) is 0. The van der Waals surface area contributed by atoms with E-state index in [0.717, 1.165) is 47.5 Å². The summed E-state index contributed by atoms with van der Waals surface area (Å²) in [6, 6.07) is 10.7. The van der Waals surface area contributed by atoms with Gasteiger partial charge in [-0.1, -0.05) is 17.8 Å². The molecule has 1 amide bonds. The van der Waals surface area contributed by atoms with E-state index in [4.69, 9.17) is 9.72 Å². The molecule has 1 aliphatic heterocycles. The van der Waals surface area contributed by atoms with Gasteiger partial charge in [-0.3, -0.25) is 19.5 Å². The molecule has 0 atom stereocenters. The van der Waals surface area contributed by atoms with Gasteiger partial charge in [0.25, 0.3) is 11.5 Å². The molecule has 0 fully saturated rings. The number of aromatic nitrogens is 3. The Kier molecular flexibility index (Phi) is 5.15. The highest BCUT2D eigenvalue weighted by atomic mass is 32.1. The van der Waals surface area contributed by atoms with E-state index >= 15 is 0 Å². The number of ether oxygens (including phenoxy) is 1. The third kappa shape index (κ3) is 3.79. The van der Waals surface area contributed by atoms with Crippen LogP contribution < -0.4 is 15.6 Å². The molecule has 158 valence electrons. The summed E-state index contributed by atoms with van der Waals surface area (Å²) in [5, 5.41) is 3.93. The molecule has 0 radical (unpaired) electrons. The van der Waals surface area contributed by atoms with Crippen LogP contribution in [-0.2, 0) is 13.0 Å². The van der Waals surface area contributed by atoms with Crippen molar-refractivity contribution >= 4 is 43.5 Å². The lowest BCUT2D eigenvalue weighted by atomic mass is 10.1. The minimum Gasteiger partial charge on any atom is -0.494 e. The number of nitrogens with zero attached hydrogens (tertiary/aromatic N) is 3. The normalized spacial score (nSPS) is 13.7. The van der Waals surface area contributed by atoms with Gasteiger partial charge in [-0.15, -0.1) is 0 Å². The number of fused-ring (bicyclic) bond motifs is 3. The second kappa shape index (κ2) is 8.11. The van der Waals surface area contributed by atoms with Gasteiger partial charge in [0, 0.05) is 18.5 Å². The number of anilines is 1. The molecule has 0 saturated carbocycles. The third-order valence-electron chi connectivity index (χ3n) is 5.47. The quantitative estimate of drug-likeness (QED) is 0.515. The molecule has 31 heavy (non-hydrogen) atoms. The number of hydrogen-bond donors (Lipinski definition) is 1. The maximum Gasteiger partial charge on any atom is 0.261 e. The van der Waals surface area contributed by atoms with Crippen molar-refractivity contribution < 1.29 is 9.53 Å². The summed E-state index contributed by atoms with van der Waals surface area (Å²) in [6.45, 7) is 3.24. The summed E-state index contributed by atoms with van der Waals surface area (Å²) in [5.74, 6) is 1.31. The molecule has 8 heteroatoms. The van der Waals surface area contributed by atoms with E-state index in [9.17, 15) is 9.59 Å². The zero-order valence-corrected chi connectivity index (χ0v) is 18.0. The number of carbonyl (C=O) groups excluding carboxylic acids is 1. The van der Waals surface area contributed by atoms with Gasteiger partial charge in [-0.25, -0.2) is 9.97 Å². The Bertz CT molecular complexity index is 1360. The van der Waals surface area contributed by atoms with Crippen LogP contribution in [-0.4, -0.2) is 27.0 Å².